The van der Waals surface area contributed by atoms with E-state index in [9.17, 15) is 0 Å². The van der Waals surface area contributed by atoms with Crippen LogP contribution in [0.1, 0.15) is 18.4 Å². The molecular weight excluding hydrogens is 274 g/mol. The van der Waals surface area contributed by atoms with Gasteiger partial charge in [0.1, 0.15) is 0 Å². The SMILES string of the molecule is C=C(CN1CCCC1)[c-]1cccc1.[Fe].[cH-]1[cH-][cH-][cH-][cH-]1. The summed E-state index contributed by atoms with van der Waals surface area (Å²) in [6, 6.07) is 18.4. The van der Waals surface area contributed by atoms with Gasteiger partial charge in [-0.3, -0.25) is 0 Å². The minimum Gasteiger partial charge on any atom is -0.748 e. The van der Waals surface area contributed by atoms with Crippen LogP contribution >= 0.6 is 0 Å². The molecule has 0 spiro atoms. The predicted octanol–water partition coefficient (Wildman–Crippen LogP) is 3.92. The van der Waals surface area contributed by atoms with Crippen molar-refractivity contribution in [1.29, 1.82) is 0 Å². The van der Waals surface area contributed by atoms with Gasteiger partial charge in [-0.05, 0) is 25.9 Å². The molecule has 0 aliphatic carbocycles. The average molecular weight is 295 g/mol. The molecule has 108 valence electrons. The van der Waals surface area contributed by atoms with Crippen molar-refractivity contribution >= 4 is 5.57 Å². The third kappa shape index (κ3) is 5.61. The Balaban J connectivity index is 0.000000256. The second kappa shape index (κ2) is 8.92. The van der Waals surface area contributed by atoms with Gasteiger partial charge in [-0.1, -0.05) is 0 Å². The van der Waals surface area contributed by atoms with Crippen molar-refractivity contribution in [3.63, 3.8) is 0 Å². The number of hydrogen-bond acceptors (Lipinski definition) is 1. The van der Waals surface area contributed by atoms with Crippen LogP contribution in [-0.2, 0) is 17.1 Å². The maximum Gasteiger partial charge on any atom is 0.00644 e. The molecule has 0 aromatic heterocycles. The van der Waals surface area contributed by atoms with E-state index in [0.717, 1.165) is 6.54 Å². The fraction of sp³-hybridized carbons (Fsp3) is 0.294. The van der Waals surface area contributed by atoms with Crippen LogP contribution in [-0.4, -0.2) is 24.5 Å². The van der Waals surface area contributed by atoms with Crippen LogP contribution in [0.5, 0.6) is 0 Å². The Hall–Kier alpha value is -1.08. The van der Waals surface area contributed by atoms with Crippen molar-refractivity contribution in [2.45, 2.75) is 12.8 Å². The van der Waals surface area contributed by atoms with Crippen LogP contribution in [0.15, 0.2) is 61.2 Å². The van der Waals surface area contributed by atoms with E-state index in [-0.39, 0.29) is 17.1 Å². The van der Waals surface area contributed by atoms with E-state index in [2.05, 4.69) is 35.7 Å². The van der Waals surface area contributed by atoms with Gasteiger partial charge in [0.25, 0.3) is 0 Å². The maximum atomic E-state index is 4.12. The number of nitrogens with zero attached hydrogens (tertiary/aromatic N) is 1. The smallest absolute Gasteiger partial charge is 0.00644 e. The van der Waals surface area contributed by atoms with E-state index in [0.29, 0.717) is 0 Å². The fourth-order valence-corrected chi connectivity index (χ4v) is 2.23. The van der Waals surface area contributed by atoms with Crippen LogP contribution in [0.4, 0.5) is 0 Å². The van der Waals surface area contributed by atoms with E-state index in [1.54, 1.807) is 0 Å². The first-order valence-corrected chi connectivity index (χ1v) is 6.65. The van der Waals surface area contributed by atoms with Crippen molar-refractivity contribution < 1.29 is 17.1 Å². The van der Waals surface area contributed by atoms with Crippen molar-refractivity contribution in [2.75, 3.05) is 19.6 Å². The number of hydrogen-bond donors (Lipinski definition) is 0. The third-order valence-electron chi connectivity index (χ3n) is 3.24. The van der Waals surface area contributed by atoms with Crippen molar-refractivity contribution in [2.24, 2.45) is 0 Å². The van der Waals surface area contributed by atoms with Gasteiger partial charge in [0.15, 0.2) is 0 Å². The summed E-state index contributed by atoms with van der Waals surface area (Å²) in [7, 11) is 0. The molecular formula is C17H21FeN-6. The zero-order valence-electron chi connectivity index (χ0n) is 11.2. The molecule has 19 heavy (non-hydrogen) atoms. The zero-order chi connectivity index (χ0) is 12.6. The minimum absolute atomic E-state index is 0. The molecule has 3 rings (SSSR count). The molecule has 0 atom stereocenters. The first kappa shape index (κ1) is 16.0. The summed E-state index contributed by atoms with van der Waals surface area (Å²) in [6.07, 6.45) is 2.71. The van der Waals surface area contributed by atoms with E-state index in [1.165, 1.54) is 37.1 Å². The molecule has 2 aromatic carbocycles. The van der Waals surface area contributed by atoms with Crippen molar-refractivity contribution in [3.05, 3.63) is 66.7 Å². The molecule has 1 heterocycles. The van der Waals surface area contributed by atoms with E-state index < -0.39 is 0 Å². The van der Waals surface area contributed by atoms with Gasteiger partial charge in [0, 0.05) is 23.6 Å². The standard InChI is InChI=1S/C12H16N.C5H5.Fe/c1-11(12-6-2-3-7-12)10-13-8-4-5-9-13;1-2-4-5-3-1;/h2-3,6-7H,1,4-5,8-10H2;1-5H;/q-1;-5;. The van der Waals surface area contributed by atoms with Gasteiger partial charge < -0.3 is 35.2 Å². The van der Waals surface area contributed by atoms with Gasteiger partial charge in [0.05, 0.1) is 0 Å². The average Bonchev–Trinajstić information content (AvgIpc) is 3.15. The first-order chi connectivity index (χ1) is 8.86. The van der Waals surface area contributed by atoms with Crippen molar-refractivity contribution in [3.8, 4) is 0 Å². The Labute approximate surface area is 127 Å². The van der Waals surface area contributed by atoms with Crippen molar-refractivity contribution in [1.82, 2.24) is 4.90 Å². The van der Waals surface area contributed by atoms with E-state index >= 15 is 0 Å². The second-order valence-corrected chi connectivity index (χ2v) is 4.72. The Morgan fingerprint density at radius 1 is 1.00 bits per heavy atom. The van der Waals surface area contributed by atoms with Gasteiger partial charge in [-0.2, -0.15) is 18.7 Å². The molecule has 1 saturated heterocycles. The molecule has 1 aliphatic heterocycles. The van der Waals surface area contributed by atoms with Gasteiger partial charge in [0.2, 0.25) is 0 Å². The summed E-state index contributed by atoms with van der Waals surface area (Å²) in [5.74, 6) is 0. The van der Waals surface area contributed by atoms with Crippen LogP contribution in [0.2, 0.25) is 0 Å². The molecule has 0 unspecified atom stereocenters. The monoisotopic (exact) mass is 295 g/mol. The van der Waals surface area contributed by atoms with Crippen LogP contribution in [0.3, 0.4) is 0 Å². The van der Waals surface area contributed by atoms with E-state index in [4.69, 9.17) is 0 Å². The van der Waals surface area contributed by atoms with Crippen LogP contribution < -0.4 is 0 Å². The third-order valence-corrected chi connectivity index (χ3v) is 3.24. The zero-order valence-corrected chi connectivity index (χ0v) is 12.3. The quantitative estimate of drug-likeness (QED) is 0.613. The molecule has 0 amide bonds. The summed E-state index contributed by atoms with van der Waals surface area (Å²) in [4.78, 5) is 2.48. The van der Waals surface area contributed by atoms with Gasteiger partial charge in [-0.15, -0.1) is 23.3 Å². The molecule has 1 nitrogen and oxygen atoms in total. The molecule has 0 saturated carbocycles. The summed E-state index contributed by atoms with van der Waals surface area (Å²) in [5.41, 5.74) is 2.55. The minimum atomic E-state index is 0. The van der Waals surface area contributed by atoms with Crippen LogP contribution in [0, 0.1) is 0 Å². The second-order valence-electron chi connectivity index (χ2n) is 4.72. The summed E-state index contributed by atoms with van der Waals surface area (Å²) in [5, 5.41) is 0. The van der Waals surface area contributed by atoms with Gasteiger partial charge >= 0.3 is 0 Å². The van der Waals surface area contributed by atoms with Gasteiger partial charge in [-0.25, -0.2) is 0 Å². The first-order valence-electron chi connectivity index (χ1n) is 6.65. The Morgan fingerprint density at radius 3 is 1.95 bits per heavy atom. The molecule has 1 fully saturated rings. The summed E-state index contributed by atoms with van der Waals surface area (Å²) < 4.78 is 0. The Bertz CT molecular complexity index is 405. The summed E-state index contributed by atoms with van der Waals surface area (Å²) in [6.45, 7) is 7.66. The van der Waals surface area contributed by atoms with E-state index in [1.807, 2.05) is 30.3 Å². The van der Waals surface area contributed by atoms with Crippen LogP contribution in [0.25, 0.3) is 5.57 Å². The maximum absolute atomic E-state index is 4.12. The number of likely N-dealkylation sites (tertiary alicyclic amines) is 1. The molecule has 0 N–H and O–H groups in total. The Kier molecular flexibility index (Phi) is 7.50. The molecule has 0 radical (unpaired) electrons. The largest absolute Gasteiger partial charge is 0.748 e. The molecule has 1 aliphatic rings. The Morgan fingerprint density at radius 2 is 1.47 bits per heavy atom. The fourth-order valence-electron chi connectivity index (χ4n) is 2.23. The predicted molar refractivity (Wildman–Crippen MR) is 78.8 cm³/mol. The number of rotatable bonds is 3. The topological polar surface area (TPSA) is 3.24 Å². The molecule has 2 heteroatoms. The molecule has 0 bridgehead atoms. The molecule has 2 aromatic rings. The normalized spacial score (nSPS) is 14.3. The summed E-state index contributed by atoms with van der Waals surface area (Å²) >= 11 is 0.